The van der Waals surface area contributed by atoms with Crippen LogP contribution in [0.2, 0.25) is 0 Å². The van der Waals surface area contributed by atoms with Crippen LogP contribution in [0.1, 0.15) is 11.3 Å². The fourth-order valence-corrected chi connectivity index (χ4v) is 1.92. The van der Waals surface area contributed by atoms with Crippen molar-refractivity contribution in [1.29, 1.82) is 5.26 Å². The summed E-state index contributed by atoms with van der Waals surface area (Å²) in [6.07, 6.45) is 1.57. The molecular formula is C16H12N2O4. The third-order valence-electron chi connectivity index (χ3n) is 2.99. The molecule has 0 atom stereocenters. The number of nitrogens with zero attached hydrogens (tertiary/aromatic N) is 2. The van der Waals surface area contributed by atoms with Gasteiger partial charge >= 0.3 is 0 Å². The van der Waals surface area contributed by atoms with Gasteiger partial charge in [0.15, 0.2) is 17.3 Å². The zero-order chi connectivity index (χ0) is 15.4. The molecule has 0 N–H and O–H groups in total. The minimum Gasteiger partial charge on any atom is -0.493 e. The lowest BCUT2D eigenvalue weighted by Crippen LogP contribution is -1.98. The summed E-state index contributed by atoms with van der Waals surface area (Å²) in [5.41, 5.74) is 1.13. The van der Waals surface area contributed by atoms with E-state index in [-0.39, 0.29) is 6.61 Å². The maximum Gasteiger partial charge on any atom is 0.202 e. The maximum atomic E-state index is 8.87. The molecule has 0 spiro atoms. The zero-order valence-corrected chi connectivity index (χ0v) is 11.8. The van der Waals surface area contributed by atoms with Gasteiger partial charge in [0, 0.05) is 12.1 Å². The second kappa shape index (κ2) is 6.06. The van der Waals surface area contributed by atoms with Gasteiger partial charge in [-0.25, -0.2) is 0 Å². The molecule has 0 fully saturated rings. The lowest BCUT2D eigenvalue weighted by Gasteiger charge is -2.09. The van der Waals surface area contributed by atoms with E-state index in [1.54, 1.807) is 42.7 Å². The Morgan fingerprint density at radius 1 is 1.18 bits per heavy atom. The fraction of sp³-hybridized carbons (Fsp3) is 0.125. The first-order valence-corrected chi connectivity index (χ1v) is 6.50. The van der Waals surface area contributed by atoms with Crippen LogP contribution in [0.4, 0.5) is 0 Å². The van der Waals surface area contributed by atoms with E-state index < -0.39 is 0 Å². The molecule has 6 heteroatoms. The van der Waals surface area contributed by atoms with Gasteiger partial charge in [0.1, 0.15) is 12.3 Å². The first kappa shape index (κ1) is 13.8. The normalized spacial score (nSPS) is 10.2. The van der Waals surface area contributed by atoms with E-state index in [2.05, 4.69) is 5.16 Å². The molecule has 1 aromatic carbocycles. The van der Waals surface area contributed by atoms with Gasteiger partial charge in [-0.1, -0.05) is 5.16 Å². The summed E-state index contributed by atoms with van der Waals surface area (Å²) in [6.45, 7) is 0.215. The minimum atomic E-state index is 0.215. The molecule has 0 aliphatic heterocycles. The second-order valence-electron chi connectivity index (χ2n) is 4.43. The van der Waals surface area contributed by atoms with Gasteiger partial charge in [0.25, 0.3) is 0 Å². The molecule has 2 heterocycles. The van der Waals surface area contributed by atoms with Crippen molar-refractivity contribution < 1.29 is 18.4 Å². The number of aromatic nitrogens is 1. The van der Waals surface area contributed by atoms with Crippen LogP contribution in [0.3, 0.4) is 0 Å². The van der Waals surface area contributed by atoms with Crippen molar-refractivity contribution in [2.75, 3.05) is 7.11 Å². The average Bonchev–Trinajstić information content (AvgIpc) is 3.23. The van der Waals surface area contributed by atoms with Gasteiger partial charge in [-0.3, -0.25) is 0 Å². The predicted molar refractivity (Wildman–Crippen MR) is 76.2 cm³/mol. The number of nitriles is 1. The molecule has 0 radical (unpaired) electrons. The predicted octanol–water partition coefficient (Wildman–Crippen LogP) is 3.39. The van der Waals surface area contributed by atoms with Crippen LogP contribution in [0.15, 0.2) is 51.6 Å². The van der Waals surface area contributed by atoms with Crippen molar-refractivity contribution in [2.45, 2.75) is 6.61 Å². The molecular weight excluding hydrogens is 284 g/mol. The summed E-state index contributed by atoms with van der Waals surface area (Å²) < 4.78 is 21.3. The van der Waals surface area contributed by atoms with Crippen LogP contribution in [0, 0.1) is 11.3 Å². The largest absolute Gasteiger partial charge is 0.493 e. The van der Waals surface area contributed by atoms with Crippen molar-refractivity contribution in [3.8, 4) is 29.1 Å². The molecule has 0 aliphatic carbocycles. The molecule has 0 aliphatic rings. The molecule has 3 aromatic rings. The van der Waals surface area contributed by atoms with Crippen LogP contribution in [0.25, 0.3) is 11.5 Å². The topological polar surface area (TPSA) is 81.4 Å². The minimum absolute atomic E-state index is 0.215. The lowest BCUT2D eigenvalue weighted by molar-refractivity contribution is 0.272. The van der Waals surface area contributed by atoms with Crippen LogP contribution >= 0.6 is 0 Å². The van der Waals surface area contributed by atoms with E-state index in [1.807, 2.05) is 6.07 Å². The summed E-state index contributed by atoms with van der Waals surface area (Å²) in [7, 11) is 1.52. The van der Waals surface area contributed by atoms with E-state index >= 15 is 0 Å². The molecule has 22 heavy (non-hydrogen) atoms. The van der Waals surface area contributed by atoms with Crippen molar-refractivity contribution in [1.82, 2.24) is 5.16 Å². The Morgan fingerprint density at radius 3 is 2.82 bits per heavy atom. The highest BCUT2D eigenvalue weighted by molar-refractivity contribution is 5.49. The van der Waals surface area contributed by atoms with Crippen molar-refractivity contribution in [3.63, 3.8) is 0 Å². The summed E-state index contributed by atoms with van der Waals surface area (Å²) in [4.78, 5) is 0. The van der Waals surface area contributed by atoms with E-state index in [0.717, 1.165) is 0 Å². The Kier molecular flexibility index (Phi) is 3.79. The number of hydrogen-bond acceptors (Lipinski definition) is 6. The quantitative estimate of drug-likeness (QED) is 0.717. The Labute approximate surface area is 126 Å². The summed E-state index contributed by atoms with van der Waals surface area (Å²) >= 11 is 0. The number of rotatable bonds is 5. The van der Waals surface area contributed by atoms with E-state index in [9.17, 15) is 0 Å². The first-order valence-electron chi connectivity index (χ1n) is 6.50. The number of benzene rings is 1. The molecule has 0 bridgehead atoms. The average molecular weight is 296 g/mol. The van der Waals surface area contributed by atoms with Gasteiger partial charge in [-0.05, 0) is 24.3 Å². The SMILES string of the molecule is COc1cc(C#N)ccc1OCc1cc(-c2ccco2)on1. The van der Waals surface area contributed by atoms with Gasteiger partial charge in [0.2, 0.25) is 5.76 Å². The summed E-state index contributed by atoms with van der Waals surface area (Å²) in [5.74, 6) is 2.17. The van der Waals surface area contributed by atoms with Crippen molar-refractivity contribution in [2.24, 2.45) is 0 Å². The molecule has 6 nitrogen and oxygen atoms in total. The van der Waals surface area contributed by atoms with E-state index in [1.165, 1.54) is 7.11 Å². The number of methoxy groups -OCH3 is 1. The number of hydrogen-bond donors (Lipinski definition) is 0. The highest BCUT2D eigenvalue weighted by Crippen LogP contribution is 2.29. The third kappa shape index (κ3) is 2.79. The first-order chi connectivity index (χ1) is 10.8. The highest BCUT2D eigenvalue weighted by Gasteiger charge is 2.11. The van der Waals surface area contributed by atoms with Crippen LogP contribution in [-0.4, -0.2) is 12.3 Å². The highest BCUT2D eigenvalue weighted by atomic mass is 16.5. The molecule has 0 amide bonds. The smallest absolute Gasteiger partial charge is 0.202 e. The van der Waals surface area contributed by atoms with Crippen LogP contribution < -0.4 is 9.47 Å². The van der Waals surface area contributed by atoms with Gasteiger partial charge in [-0.2, -0.15) is 5.26 Å². The number of furan rings is 1. The van der Waals surface area contributed by atoms with E-state index in [0.29, 0.717) is 34.3 Å². The monoisotopic (exact) mass is 296 g/mol. The molecule has 0 saturated carbocycles. The van der Waals surface area contributed by atoms with Gasteiger partial charge in [0.05, 0.1) is 25.0 Å². The molecule has 0 saturated heterocycles. The maximum absolute atomic E-state index is 8.87. The molecule has 110 valence electrons. The van der Waals surface area contributed by atoms with E-state index in [4.69, 9.17) is 23.7 Å². The van der Waals surface area contributed by atoms with Gasteiger partial charge < -0.3 is 18.4 Å². The Bertz CT molecular complexity index is 800. The summed E-state index contributed by atoms with van der Waals surface area (Å²) in [6, 6.07) is 12.3. The Balaban J connectivity index is 1.72. The molecule has 0 unspecified atom stereocenters. The van der Waals surface area contributed by atoms with Crippen molar-refractivity contribution in [3.05, 3.63) is 53.9 Å². The standard InChI is InChI=1S/C16H12N2O4/c1-19-15-7-11(9-17)4-5-14(15)21-10-12-8-16(22-18-12)13-3-2-6-20-13/h2-8H,10H2,1H3. The Hall–Kier alpha value is -3.20. The fourth-order valence-electron chi connectivity index (χ4n) is 1.92. The zero-order valence-electron chi connectivity index (χ0n) is 11.8. The van der Waals surface area contributed by atoms with Crippen LogP contribution in [-0.2, 0) is 6.61 Å². The van der Waals surface area contributed by atoms with Crippen LogP contribution in [0.5, 0.6) is 11.5 Å². The third-order valence-corrected chi connectivity index (χ3v) is 2.99. The Morgan fingerprint density at radius 2 is 2.09 bits per heavy atom. The molecule has 2 aromatic heterocycles. The molecule has 3 rings (SSSR count). The van der Waals surface area contributed by atoms with Crippen molar-refractivity contribution >= 4 is 0 Å². The lowest BCUT2D eigenvalue weighted by atomic mass is 10.2. The van der Waals surface area contributed by atoms with Gasteiger partial charge in [-0.15, -0.1) is 0 Å². The second-order valence-corrected chi connectivity index (χ2v) is 4.43. The summed E-state index contributed by atoms with van der Waals surface area (Å²) in [5, 5.41) is 12.8. The number of ether oxygens (including phenoxy) is 2.